The largest absolute Gasteiger partial charge is 1.00 e. The summed E-state index contributed by atoms with van der Waals surface area (Å²) in [5.74, 6) is 0. The number of amides is 1. The Hall–Kier alpha value is -0.630. The first kappa shape index (κ1) is 13.4. The predicted molar refractivity (Wildman–Crippen MR) is 53.2 cm³/mol. The Kier molecular flexibility index (Phi) is 4.72. The zero-order chi connectivity index (χ0) is 10.8. The summed E-state index contributed by atoms with van der Waals surface area (Å²) in [4.78, 5) is 13.7. The van der Waals surface area contributed by atoms with Gasteiger partial charge in [-0.15, -0.1) is 0 Å². The summed E-state index contributed by atoms with van der Waals surface area (Å²) in [5.41, 5.74) is 0. The van der Waals surface area contributed by atoms with Crippen molar-refractivity contribution in [3.8, 4) is 0 Å². The molecule has 1 aliphatic heterocycles. The first-order valence-electron chi connectivity index (χ1n) is 5.17. The van der Waals surface area contributed by atoms with E-state index in [1.807, 2.05) is 17.8 Å². The van der Waals surface area contributed by atoms with Gasteiger partial charge in [0, 0.05) is 13.1 Å². The molecule has 1 saturated heterocycles. The second-order valence-electron chi connectivity index (χ2n) is 3.99. The summed E-state index contributed by atoms with van der Waals surface area (Å²) in [5, 5.41) is 9.33. The van der Waals surface area contributed by atoms with Crippen molar-refractivity contribution < 1.29 is 38.4 Å². The number of piperidine rings is 1. The van der Waals surface area contributed by atoms with Gasteiger partial charge in [-0.3, -0.25) is 0 Å². The number of likely N-dealkylation sites (tertiary alicyclic amines) is 1. The van der Waals surface area contributed by atoms with Crippen LogP contribution in [0.2, 0.25) is 0 Å². The number of hydrogen-bond acceptors (Lipinski definition) is 2. The van der Waals surface area contributed by atoms with E-state index in [9.17, 15) is 9.90 Å². The average molecular weight is 337 g/mol. The molecule has 1 N–H and O–H groups in total. The molecule has 6 heteroatoms. The van der Waals surface area contributed by atoms with Gasteiger partial charge in [-0.25, -0.2) is 9.36 Å². The summed E-state index contributed by atoms with van der Waals surface area (Å²) >= 11 is 0. The van der Waals surface area contributed by atoms with Crippen LogP contribution in [0.1, 0.15) is 12.8 Å². The molecule has 1 aromatic heterocycles. The number of nitrogens with zero attached hydrogens (tertiary/aromatic N) is 3. The second-order valence-corrected chi connectivity index (χ2v) is 3.99. The van der Waals surface area contributed by atoms with Crippen LogP contribution in [0.3, 0.4) is 0 Å². The van der Waals surface area contributed by atoms with E-state index in [0.717, 1.165) is 0 Å². The van der Waals surface area contributed by atoms with Gasteiger partial charge in [0.25, 0.3) is 6.33 Å². The number of aryl methyl sites for hydroxylation is 1. The Bertz CT molecular complexity index is 359. The highest BCUT2D eigenvalue weighted by molar-refractivity contribution is 5.76. The van der Waals surface area contributed by atoms with E-state index in [1.165, 1.54) is 0 Å². The van der Waals surface area contributed by atoms with Crippen LogP contribution in [0, 0.1) is 0 Å². The highest BCUT2D eigenvalue weighted by Gasteiger charge is 2.25. The Labute approximate surface area is 112 Å². The molecule has 1 aromatic rings. The van der Waals surface area contributed by atoms with Crippen LogP contribution in [0.15, 0.2) is 18.7 Å². The number of aliphatic hydroxyl groups is 1. The lowest BCUT2D eigenvalue weighted by atomic mass is 10.1. The van der Waals surface area contributed by atoms with E-state index in [2.05, 4.69) is 0 Å². The van der Waals surface area contributed by atoms with Gasteiger partial charge in [-0.2, -0.15) is 4.57 Å². The Balaban J connectivity index is 0.00000128. The maximum Gasteiger partial charge on any atom is 0.415 e. The summed E-state index contributed by atoms with van der Waals surface area (Å²) in [6.45, 7) is 1.28. The minimum absolute atomic E-state index is 0. The van der Waals surface area contributed by atoms with Crippen LogP contribution >= 0.6 is 0 Å². The van der Waals surface area contributed by atoms with Crippen LogP contribution < -0.4 is 28.5 Å². The molecular weight excluding hydrogens is 321 g/mol. The van der Waals surface area contributed by atoms with Crippen LogP contribution in [0.5, 0.6) is 0 Å². The summed E-state index contributed by atoms with van der Waals surface area (Å²) in [7, 11) is 1.88. The van der Waals surface area contributed by atoms with Gasteiger partial charge in [0.1, 0.15) is 12.4 Å². The quantitative estimate of drug-likeness (QED) is 0.399. The lowest BCUT2D eigenvalue weighted by molar-refractivity contribution is -0.670. The lowest BCUT2D eigenvalue weighted by Gasteiger charge is -2.27. The third kappa shape index (κ3) is 2.94. The molecule has 5 nitrogen and oxygen atoms in total. The number of rotatable bonds is 0. The minimum atomic E-state index is -0.241. The van der Waals surface area contributed by atoms with E-state index < -0.39 is 0 Å². The molecule has 0 spiro atoms. The fourth-order valence-corrected chi connectivity index (χ4v) is 1.78. The van der Waals surface area contributed by atoms with E-state index in [1.54, 1.807) is 22.0 Å². The highest BCUT2D eigenvalue weighted by Crippen LogP contribution is 2.10. The van der Waals surface area contributed by atoms with Gasteiger partial charge in [-0.1, -0.05) is 0 Å². The Morgan fingerprint density at radius 1 is 1.44 bits per heavy atom. The molecule has 0 aliphatic carbocycles. The molecular formula is C10H16IN3O2. The SMILES string of the molecule is C[n+]1ccn(C(=O)N2CCC(O)CC2)c1.[I-]. The van der Waals surface area contributed by atoms with Crippen molar-refractivity contribution in [3.63, 3.8) is 0 Å². The van der Waals surface area contributed by atoms with Gasteiger partial charge in [0.15, 0.2) is 0 Å². The average Bonchev–Trinajstić information content (AvgIpc) is 2.65. The molecule has 1 fully saturated rings. The maximum absolute atomic E-state index is 11.9. The third-order valence-electron chi connectivity index (χ3n) is 2.72. The van der Waals surface area contributed by atoms with E-state index in [4.69, 9.17) is 0 Å². The maximum atomic E-state index is 11.9. The van der Waals surface area contributed by atoms with Crippen LogP contribution in [0.4, 0.5) is 4.79 Å². The monoisotopic (exact) mass is 337 g/mol. The number of aromatic nitrogens is 2. The molecule has 0 atom stereocenters. The second kappa shape index (κ2) is 5.62. The van der Waals surface area contributed by atoms with Gasteiger partial charge in [0.05, 0.1) is 13.2 Å². The van der Waals surface area contributed by atoms with Crippen LogP contribution in [-0.4, -0.2) is 39.8 Å². The molecule has 16 heavy (non-hydrogen) atoms. The molecule has 2 rings (SSSR count). The van der Waals surface area contributed by atoms with Crippen LogP contribution in [0.25, 0.3) is 0 Å². The third-order valence-corrected chi connectivity index (χ3v) is 2.72. The lowest BCUT2D eigenvalue weighted by Crippen LogP contribution is -3.00. The molecule has 2 heterocycles. The Morgan fingerprint density at radius 3 is 2.56 bits per heavy atom. The van der Waals surface area contributed by atoms with Crippen molar-refractivity contribution in [1.29, 1.82) is 0 Å². The van der Waals surface area contributed by atoms with Crippen molar-refractivity contribution >= 4 is 6.03 Å². The highest BCUT2D eigenvalue weighted by atomic mass is 127. The molecule has 0 radical (unpaired) electrons. The minimum Gasteiger partial charge on any atom is -1.00 e. The van der Waals surface area contributed by atoms with Crippen LogP contribution in [-0.2, 0) is 7.05 Å². The smallest absolute Gasteiger partial charge is 0.415 e. The molecule has 0 saturated carbocycles. The number of hydrogen-bond donors (Lipinski definition) is 1. The molecule has 1 aliphatic rings. The van der Waals surface area contributed by atoms with Crippen molar-refractivity contribution in [2.24, 2.45) is 7.05 Å². The van der Waals surface area contributed by atoms with Crippen molar-refractivity contribution in [2.45, 2.75) is 18.9 Å². The topological polar surface area (TPSA) is 49.3 Å². The molecule has 0 bridgehead atoms. The van der Waals surface area contributed by atoms with Crippen molar-refractivity contribution in [1.82, 2.24) is 9.47 Å². The number of imidazole rings is 1. The van der Waals surface area contributed by atoms with E-state index in [-0.39, 0.29) is 36.1 Å². The zero-order valence-electron chi connectivity index (χ0n) is 9.21. The van der Waals surface area contributed by atoms with Crippen molar-refractivity contribution in [3.05, 3.63) is 18.7 Å². The predicted octanol–water partition coefficient (Wildman–Crippen LogP) is -3.26. The Morgan fingerprint density at radius 2 is 2.06 bits per heavy atom. The number of aliphatic hydroxyl groups excluding tert-OH is 1. The molecule has 0 aromatic carbocycles. The summed E-state index contributed by atoms with van der Waals surface area (Å²) < 4.78 is 3.40. The fourth-order valence-electron chi connectivity index (χ4n) is 1.78. The van der Waals surface area contributed by atoms with E-state index >= 15 is 0 Å². The first-order chi connectivity index (χ1) is 7.16. The zero-order valence-corrected chi connectivity index (χ0v) is 11.4. The number of halogens is 1. The number of carbonyl (C=O) groups is 1. The first-order valence-corrected chi connectivity index (χ1v) is 5.17. The standard InChI is InChI=1S/C10H16N3O2.HI/c1-11-6-7-13(8-11)10(15)12-4-2-9(14)3-5-12;/h6-9,14H,2-5H2,1H3;1H/q+1;/p-1. The van der Waals surface area contributed by atoms with Gasteiger partial charge in [-0.05, 0) is 12.8 Å². The fraction of sp³-hybridized carbons (Fsp3) is 0.600. The summed E-state index contributed by atoms with van der Waals surface area (Å²) in [6.07, 6.45) is 6.44. The number of carbonyl (C=O) groups excluding carboxylic acids is 1. The van der Waals surface area contributed by atoms with Gasteiger partial charge >= 0.3 is 6.03 Å². The van der Waals surface area contributed by atoms with Gasteiger partial charge in [0.2, 0.25) is 0 Å². The summed E-state index contributed by atoms with van der Waals surface area (Å²) in [6, 6.07) is -0.0116. The normalized spacial score (nSPS) is 17.0. The van der Waals surface area contributed by atoms with Gasteiger partial charge < -0.3 is 34.0 Å². The van der Waals surface area contributed by atoms with E-state index in [0.29, 0.717) is 25.9 Å². The molecule has 1 amide bonds. The molecule has 0 unspecified atom stereocenters. The van der Waals surface area contributed by atoms with Crippen molar-refractivity contribution in [2.75, 3.05) is 13.1 Å². The molecule has 90 valence electrons.